The van der Waals surface area contributed by atoms with E-state index >= 15 is 0 Å². The first-order valence-corrected chi connectivity index (χ1v) is 7.55. The molecule has 0 aliphatic carbocycles. The number of ether oxygens (including phenoxy) is 1. The van der Waals surface area contributed by atoms with Crippen molar-refractivity contribution >= 4 is 5.91 Å². The van der Waals surface area contributed by atoms with Crippen LogP contribution in [0.25, 0.3) is 0 Å². The molecule has 5 nitrogen and oxygen atoms in total. The van der Waals surface area contributed by atoms with Crippen LogP contribution in [0.2, 0.25) is 0 Å². The second-order valence-corrected chi connectivity index (χ2v) is 6.34. The van der Waals surface area contributed by atoms with Gasteiger partial charge in [-0.2, -0.15) is 0 Å². The molecule has 122 valence electrons. The fourth-order valence-electron chi connectivity index (χ4n) is 2.21. The SMILES string of the molecule is CN(CC(C)(C)CN)C(=O)c1ccc(Oc2cccnc2)cc1. The molecule has 23 heavy (non-hydrogen) atoms. The van der Waals surface area contributed by atoms with Gasteiger partial charge in [-0.05, 0) is 48.4 Å². The molecular formula is C18H23N3O2. The van der Waals surface area contributed by atoms with Gasteiger partial charge in [-0.1, -0.05) is 13.8 Å². The molecule has 0 unspecified atom stereocenters. The molecule has 0 saturated carbocycles. The fourth-order valence-corrected chi connectivity index (χ4v) is 2.21. The first-order valence-electron chi connectivity index (χ1n) is 7.55. The van der Waals surface area contributed by atoms with E-state index in [9.17, 15) is 4.79 Å². The van der Waals surface area contributed by atoms with Gasteiger partial charge in [0.05, 0.1) is 6.20 Å². The van der Waals surface area contributed by atoms with Gasteiger partial charge < -0.3 is 15.4 Å². The Labute approximate surface area is 137 Å². The zero-order valence-corrected chi connectivity index (χ0v) is 13.8. The Morgan fingerprint density at radius 1 is 1.22 bits per heavy atom. The maximum absolute atomic E-state index is 12.4. The van der Waals surface area contributed by atoms with Crippen LogP contribution in [0.4, 0.5) is 0 Å². The van der Waals surface area contributed by atoms with E-state index in [1.807, 2.05) is 19.9 Å². The molecule has 1 aromatic heterocycles. The minimum atomic E-state index is -0.103. The van der Waals surface area contributed by atoms with E-state index in [-0.39, 0.29) is 11.3 Å². The van der Waals surface area contributed by atoms with Crippen molar-refractivity contribution in [1.29, 1.82) is 0 Å². The summed E-state index contributed by atoms with van der Waals surface area (Å²) in [4.78, 5) is 18.1. The predicted molar refractivity (Wildman–Crippen MR) is 90.5 cm³/mol. The highest BCUT2D eigenvalue weighted by molar-refractivity contribution is 5.94. The standard InChI is InChI=1S/C18H23N3O2/c1-18(2,12-19)13-21(3)17(22)14-6-8-15(9-7-14)23-16-5-4-10-20-11-16/h4-11H,12-13,19H2,1-3H3. The van der Waals surface area contributed by atoms with Crippen molar-refractivity contribution in [2.24, 2.45) is 11.1 Å². The average Bonchev–Trinajstić information content (AvgIpc) is 2.55. The van der Waals surface area contributed by atoms with Crippen molar-refractivity contribution < 1.29 is 9.53 Å². The van der Waals surface area contributed by atoms with Gasteiger partial charge in [0.2, 0.25) is 0 Å². The van der Waals surface area contributed by atoms with Gasteiger partial charge in [0.25, 0.3) is 5.91 Å². The van der Waals surface area contributed by atoms with E-state index in [0.29, 0.717) is 30.2 Å². The number of pyridine rings is 1. The Bertz CT molecular complexity index is 639. The zero-order valence-electron chi connectivity index (χ0n) is 13.8. The summed E-state index contributed by atoms with van der Waals surface area (Å²) in [6, 6.07) is 10.7. The smallest absolute Gasteiger partial charge is 0.253 e. The zero-order chi connectivity index (χ0) is 16.9. The quantitative estimate of drug-likeness (QED) is 0.890. The van der Waals surface area contributed by atoms with Gasteiger partial charge in [-0.25, -0.2) is 0 Å². The number of nitrogens with two attached hydrogens (primary N) is 1. The molecule has 0 spiro atoms. The minimum Gasteiger partial charge on any atom is -0.456 e. The Balaban J connectivity index is 2.02. The normalized spacial score (nSPS) is 11.1. The molecule has 0 radical (unpaired) electrons. The lowest BCUT2D eigenvalue weighted by atomic mass is 9.93. The first kappa shape index (κ1) is 17.0. The summed E-state index contributed by atoms with van der Waals surface area (Å²) in [6.45, 7) is 5.22. The van der Waals surface area contributed by atoms with Crippen LogP contribution in [-0.2, 0) is 0 Å². The van der Waals surface area contributed by atoms with Gasteiger partial charge in [-0.3, -0.25) is 9.78 Å². The molecule has 1 heterocycles. The average molecular weight is 313 g/mol. The fraction of sp³-hybridized carbons (Fsp3) is 0.333. The molecule has 5 heteroatoms. The number of amides is 1. The summed E-state index contributed by atoms with van der Waals surface area (Å²) < 4.78 is 5.67. The van der Waals surface area contributed by atoms with Crippen LogP contribution in [0.3, 0.4) is 0 Å². The van der Waals surface area contributed by atoms with Crippen LogP contribution < -0.4 is 10.5 Å². The van der Waals surface area contributed by atoms with Crippen molar-refractivity contribution in [3.05, 3.63) is 54.4 Å². The Morgan fingerprint density at radius 2 is 1.91 bits per heavy atom. The Hall–Kier alpha value is -2.40. The third-order valence-corrected chi connectivity index (χ3v) is 3.54. The van der Waals surface area contributed by atoms with Crippen molar-refractivity contribution in [3.8, 4) is 11.5 Å². The molecule has 0 aliphatic rings. The lowest BCUT2D eigenvalue weighted by molar-refractivity contribution is 0.0740. The second-order valence-electron chi connectivity index (χ2n) is 6.34. The second kappa shape index (κ2) is 7.24. The van der Waals surface area contributed by atoms with Gasteiger partial charge in [0.15, 0.2) is 0 Å². The lowest BCUT2D eigenvalue weighted by Gasteiger charge is -2.29. The molecule has 0 bridgehead atoms. The van der Waals surface area contributed by atoms with Gasteiger partial charge in [0.1, 0.15) is 11.5 Å². The molecule has 1 amide bonds. The number of hydrogen-bond acceptors (Lipinski definition) is 4. The summed E-state index contributed by atoms with van der Waals surface area (Å²) in [5.41, 5.74) is 6.25. The monoisotopic (exact) mass is 313 g/mol. The highest BCUT2D eigenvalue weighted by Crippen LogP contribution is 2.21. The Morgan fingerprint density at radius 3 is 2.48 bits per heavy atom. The van der Waals surface area contributed by atoms with Crippen LogP contribution in [0.5, 0.6) is 11.5 Å². The van der Waals surface area contributed by atoms with E-state index in [1.54, 1.807) is 54.7 Å². The summed E-state index contributed by atoms with van der Waals surface area (Å²) in [6.07, 6.45) is 3.33. The summed E-state index contributed by atoms with van der Waals surface area (Å²) in [7, 11) is 1.79. The number of aromatic nitrogens is 1. The molecule has 1 aromatic carbocycles. The van der Waals surface area contributed by atoms with E-state index in [2.05, 4.69) is 4.98 Å². The maximum Gasteiger partial charge on any atom is 0.253 e. The van der Waals surface area contributed by atoms with Crippen LogP contribution in [-0.4, -0.2) is 35.9 Å². The van der Waals surface area contributed by atoms with Crippen LogP contribution in [0, 0.1) is 5.41 Å². The van der Waals surface area contributed by atoms with Crippen molar-refractivity contribution in [2.75, 3.05) is 20.1 Å². The number of hydrogen-bond donors (Lipinski definition) is 1. The highest BCUT2D eigenvalue weighted by atomic mass is 16.5. The number of rotatable bonds is 6. The van der Waals surface area contributed by atoms with E-state index in [4.69, 9.17) is 10.5 Å². The van der Waals surface area contributed by atoms with Crippen molar-refractivity contribution in [2.45, 2.75) is 13.8 Å². The van der Waals surface area contributed by atoms with Gasteiger partial charge in [-0.15, -0.1) is 0 Å². The van der Waals surface area contributed by atoms with Gasteiger partial charge in [0, 0.05) is 25.4 Å². The van der Waals surface area contributed by atoms with Crippen molar-refractivity contribution in [1.82, 2.24) is 9.88 Å². The number of carbonyl (C=O) groups excluding carboxylic acids is 1. The number of carbonyl (C=O) groups is 1. The van der Waals surface area contributed by atoms with Crippen LogP contribution in [0.15, 0.2) is 48.8 Å². The third kappa shape index (κ3) is 4.79. The van der Waals surface area contributed by atoms with E-state index in [1.165, 1.54) is 0 Å². The third-order valence-electron chi connectivity index (χ3n) is 3.54. The predicted octanol–water partition coefficient (Wildman–Crippen LogP) is 2.93. The molecule has 0 fully saturated rings. The molecule has 2 rings (SSSR count). The molecule has 0 atom stereocenters. The first-order chi connectivity index (χ1) is 10.9. The Kier molecular flexibility index (Phi) is 5.34. The number of nitrogens with zero attached hydrogens (tertiary/aromatic N) is 2. The van der Waals surface area contributed by atoms with Crippen LogP contribution >= 0.6 is 0 Å². The number of benzene rings is 1. The molecule has 0 aliphatic heterocycles. The van der Waals surface area contributed by atoms with Crippen molar-refractivity contribution in [3.63, 3.8) is 0 Å². The summed E-state index contributed by atoms with van der Waals surface area (Å²) >= 11 is 0. The molecular weight excluding hydrogens is 290 g/mol. The maximum atomic E-state index is 12.4. The van der Waals surface area contributed by atoms with Crippen LogP contribution in [0.1, 0.15) is 24.2 Å². The summed E-state index contributed by atoms with van der Waals surface area (Å²) in [5, 5.41) is 0. The molecule has 2 aromatic rings. The lowest BCUT2D eigenvalue weighted by Crippen LogP contribution is -2.39. The van der Waals surface area contributed by atoms with E-state index in [0.717, 1.165) is 0 Å². The largest absolute Gasteiger partial charge is 0.456 e. The molecule has 2 N–H and O–H groups in total. The van der Waals surface area contributed by atoms with E-state index < -0.39 is 0 Å². The molecule has 0 saturated heterocycles. The summed E-state index contributed by atoms with van der Waals surface area (Å²) in [5.74, 6) is 1.30. The topological polar surface area (TPSA) is 68.5 Å². The van der Waals surface area contributed by atoms with Gasteiger partial charge >= 0.3 is 0 Å². The minimum absolute atomic E-state index is 0.0283. The highest BCUT2D eigenvalue weighted by Gasteiger charge is 2.21.